The summed E-state index contributed by atoms with van der Waals surface area (Å²) in [7, 11) is 0. The van der Waals surface area contributed by atoms with Crippen molar-refractivity contribution in [1.82, 2.24) is 0 Å². The molecule has 20 heavy (non-hydrogen) atoms. The third kappa shape index (κ3) is 5.91. The smallest absolute Gasteiger partial charge is 0.306 e. The van der Waals surface area contributed by atoms with Crippen LogP contribution in [-0.2, 0) is 16.1 Å². The largest absolute Gasteiger partial charge is 0.487 e. The van der Waals surface area contributed by atoms with Crippen LogP contribution in [0.25, 0.3) is 0 Å². The molecule has 0 spiro atoms. The molecule has 0 saturated carbocycles. The van der Waals surface area contributed by atoms with Gasteiger partial charge in [-0.25, -0.2) is 0 Å². The van der Waals surface area contributed by atoms with Crippen molar-refractivity contribution in [3.63, 3.8) is 0 Å². The Kier molecular flexibility index (Phi) is 6.84. The minimum Gasteiger partial charge on any atom is -0.487 e. The molecule has 0 fully saturated rings. The van der Waals surface area contributed by atoms with E-state index in [1.54, 1.807) is 0 Å². The Morgan fingerprint density at radius 1 is 1.40 bits per heavy atom. The number of carbonyl (C=O) groups excluding carboxylic acids is 1. The molecule has 0 aliphatic carbocycles. The van der Waals surface area contributed by atoms with Gasteiger partial charge in [0.15, 0.2) is 0 Å². The number of esters is 1. The molecular formula is C15H22O5. The minimum atomic E-state index is -0.299. The van der Waals surface area contributed by atoms with E-state index in [4.69, 9.17) is 13.9 Å². The lowest BCUT2D eigenvalue weighted by atomic mass is 10.1. The molecule has 112 valence electrons. The molecule has 0 N–H and O–H groups in total. The number of hydrogen-bond acceptors (Lipinski definition) is 5. The first-order valence-corrected chi connectivity index (χ1v) is 6.93. The van der Waals surface area contributed by atoms with E-state index < -0.39 is 0 Å². The molecule has 0 radical (unpaired) electrons. The average Bonchev–Trinajstić information content (AvgIpc) is 2.38. The summed E-state index contributed by atoms with van der Waals surface area (Å²) < 4.78 is 15.5. The average molecular weight is 282 g/mol. The molecule has 0 aliphatic heterocycles. The number of ether oxygens (including phenoxy) is 2. The van der Waals surface area contributed by atoms with Crippen LogP contribution in [-0.4, -0.2) is 12.6 Å². The van der Waals surface area contributed by atoms with E-state index in [2.05, 4.69) is 13.8 Å². The summed E-state index contributed by atoms with van der Waals surface area (Å²) in [6, 6.07) is 1.30. The minimum absolute atomic E-state index is 0.0274. The highest BCUT2D eigenvalue weighted by atomic mass is 16.5. The Hall–Kier alpha value is -1.78. The van der Waals surface area contributed by atoms with E-state index in [1.807, 2.05) is 6.92 Å². The molecule has 1 aromatic heterocycles. The van der Waals surface area contributed by atoms with Crippen LogP contribution in [0.15, 0.2) is 21.5 Å². The predicted octanol–water partition coefficient (Wildman–Crippen LogP) is 2.91. The van der Waals surface area contributed by atoms with Crippen molar-refractivity contribution in [3.05, 3.63) is 28.3 Å². The van der Waals surface area contributed by atoms with Gasteiger partial charge in [-0.3, -0.25) is 9.59 Å². The Morgan fingerprint density at radius 2 is 2.15 bits per heavy atom. The van der Waals surface area contributed by atoms with Crippen LogP contribution in [0.2, 0.25) is 0 Å². The highest BCUT2D eigenvalue weighted by Crippen LogP contribution is 2.09. The maximum Gasteiger partial charge on any atom is 0.306 e. The fraction of sp³-hybridized carbons (Fsp3) is 0.600. The molecule has 0 atom stereocenters. The fourth-order valence-electron chi connectivity index (χ4n) is 1.45. The van der Waals surface area contributed by atoms with Gasteiger partial charge in [-0.2, -0.15) is 0 Å². The molecule has 0 aliphatic rings. The summed E-state index contributed by atoms with van der Waals surface area (Å²) in [4.78, 5) is 23.0. The van der Waals surface area contributed by atoms with Crippen molar-refractivity contribution in [3.8, 4) is 5.75 Å². The van der Waals surface area contributed by atoms with E-state index in [0.717, 1.165) is 12.8 Å². The first kappa shape index (κ1) is 16.3. The Balaban J connectivity index is 2.50. The third-order valence-corrected chi connectivity index (χ3v) is 2.63. The van der Waals surface area contributed by atoms with Crippen molar-refractivity contribution in [2.24, 2.45) is 5.92 Å². The summed E-state index contributed by atoms with van der Waals surface area (Å²) in [5, 5.41) is 0. The van der Waals surface area contributed by atoms with Crippen LogP contribution in [0.4, 0.5) is 0 Å². The van der Waals surface area contributed by atoms with Gasteiger partial charge in [0, 0.05) is 12.5 Å². The quantitative estimate of drug-likeness (QED) is 0.686. The molecule has 1 aromatic rings. The molecule has 0 aromatic carbocycles. The first-order valence-electron chi connectivity index (χ1n) is 6.93. The lowest BCUT2D eigenvalue weighted by Crippen LogP contribution is -2.11. The van der Waals surface area contributed by atoms with Gasteiger partial charge in [-0.05, 0) is 18.8 Å². The summed E-state index contributed by atoms with van der Waals surface area (Å²) in [6.07, 6.45) is 3.23. The van der Waals surface area contributed by atoms with Gasteiger partial charge in [-0.15, -0.1) is 0 Å². The molecule has 1 rings (SSSR count). The summed E-state index contributed by atoms with van der Waals surface area (Å²) in [5.41, 5.74) is -0.262. The van der Waals surface area contributed by atoms with Gasteiger partial charge < -0.3 is 13.9 Å². The number of carbonyl (C=O) groups is 1. The highest BCUT2D eigenvalue weighted by molar-refractivity contribution is 5.69. The van der Waals surface area contributed by atoms with E-state index in [9.17, 15) is 9.59 Å². The maximum absolute atomic E-state index is 11.8. The molecule has 0 bridgehead atoms. The maximum atomic E-state index is 11.8. The zero-order valence-corrected chi connectivity index (χ0v) is 12.3. The summed E-state index contributed by atoms with van der Waals surface area (Å²) in [6.45, 7) is 6.51. The zero-order valence-electron chi connectivity index (χ0n) is 12.3. The van der Waals surface area contributed by atoms with Crippen LogP contribution in [0.5, 0.6) is 5.75 Å². The first-order chi connectivity index (χ1) is 9.52. The van der Waals surface area contributed by atoms with Gasteiger partial charge in [0.1, 0.15) is 18.6 Å². The number of hydrogen-bond donors (Lipinski definition) is 0. The van der Waals surface area contributed by atoms with Gasteiger partial charge in [0.2, 0.25) is 11.2 Å². The van der Waals surface area contributed by atoms with Gasteiger partial charge in [-0.1, -0.05) is 20.8 Å². The second-order valence-corrected chi connectivity index (χ2v) is 5.02. The highest BCUT2D eigenvalue weighted by Gasteiger charge is 2.07. The Bertz CT molecular complexity index is 475. The van der Waals surface area contributed by atoms with Gasteiger partial charge in [0.25, 0.3) is 0 Å². The van der Waals surface area contributed by atoms with Crippen LogP contribution in [0, 0.1) is 5.92 Å². The standard InChI is InChI=1S/C15H22O5/c1-4-5-15(17)20-9-12-8-13(16)14(10-19-12)18-7-6-11(2)3/h8,10-11H,4-7,9H2,1-3H3. The molecule has 5 heteroatoms. The van der Waals surface area contributed by atoms with E-state index in [0.29, 0.717) is 24.7 Å². The lowest BCUT2D eigenvalue weighted by Gasteiger charge is -2.07. The fourth-order valence-corrected chi connectivity index (χ4v) is 1.45. The lowest BCUT2D eigenvalue weighted by molar-refractivity contribution is -0.145. The SMILES string of the molecule is CCCC(=O)OCc1cc(=O)c(OCCC(C)C)co1. The third-order valence-electron chi connectivity index (χ3n) is 2.63. The zero-order chi connectivity index (χ0) is 15.0. The predicted molar refractivity (Wildman–Crippen MR) is 74.6 cm³/mol. The van der Waals surface area contributed by atoms with E-state index >= 15 is 0 Å². The topological polar surface area (TPSA) is 65.7 Å². The van der Waals surface area contributed by atoms with Crippen molar-refractivity contribution >= 4 is 5.97 Å². The molecular weight excluding hydrogens is 260 g/mol. The van der Waals surface area contributed by atoms with Gasteiger partial charge in [0.05, 0.1) is 6.61 Å². The molecule has 1 heterocycles. The molecule has 0 unspecified atom stereocenters. The van der Waals surface area contributed by atoms with E-state index in [1.165, 1.54) is 12.3 Å². The van der Waals surface area contributed by atoms with Crippen molar-refractivity contribution in [2.45, 2.75) is 46.6 Å². The molecule has 5 nitrogen and oxygen atoms in total. The second-order valence-electron chi connectivity index (χ2n) is 5.02. The van der Waals surface area contributed by atoms with Crippen LogP contribution < -0.4 is 10.2 Å². The van der Waals surface area contributed by atoms with Crippen molar-refractivity contribution in [2.75, 3.05) is 6.61 Å². The Labute approximate surface area is 118 Å². The van der Waals surface area contributed by atoms with Crippen LogP contribution in [0.3, 0.4) is 0 Å². The van der Waals surface area contributed by atoms with Crippen molar-refractivity contribution < 1.29 is 18.7 Å². The summed E-state index contributed by atoms with van der Waals surface area (Å²) in [5.74, 6) is 0.719. The monoisotopic (exact) mass is 282 g/mol. The normalized spacial score (nSPS) is 10.6. The molecule has 0 amide bonds. The second kappa shape index (κ2) is 8.40. The number of rotatable bonds is 8. The molecule has 0 saturated heterocycles. The summed E-state index contributed by atoms with van der Waals surface area (Å²) >= 11 is 0. The van der Waals surface area contributed by atoms with E-state index in [-0.39, 0.29) is 23.8 Å². The van der Waals surface area contributed by atoms with Crippen LogP contribution in [0.1, 0.15) is 45.8 Å². The van der Waals surface area contributed by atoms with Gasteiger partial charge >= 0.3 is 5.97 Å². The van der Waals surface area contributed by atoms with Crippen molar-refractivity contribution in [1.29, 1.82) is 0 Å². The van der Waals surface area contributed by atoms with Crippen LogP contribution >= 0.6 is 0 Å². The Morgan fingerprint density at radius 3 is 2.75 bits per heavy atom.